The molecule has 88 valence electrons. The average Bonchev–Trinajstić information content (AvgIpc) is 2.09. The van der Waals surface area contributed by atoms with Gasteiger partial charge in [-0.05, 0) is 0 Å². The number of carbonyl (C=O) groups is 2. The van der Waals surface area contributed by atoms with Crippen molar-refractivity contribution in [2.45, 2.75) is 12.5 Å². The Balaban J connectivity index is 3.82. The Bertz CT molecular complexity index is 335. The fourth-order valence-electron chi connectivity index (χ4n) is 0.664. The van der Waals surface area contributed by atoms with E-state index < -0.39 is 34.4 Å². The van der Waals surface area contributed by atoms with E-state index in [9.17, 15) is 18.0 Å². The van der Waals surface area contributed by atoms with Crippen molar-refractivity contribution in [3.8, 4) is 0 Å². The van der Waals surface area contributed by atoms with Crippen LogP contribution in [0.25, 0.3) is 0 Å². The molecule has 1 amide bonds. The van der Waals surface area contributed by atoms with Crippen molar-refractivity contribution in [1.82, 2.24) is 5.32 Å². The van der Waals surface area contributed by atoms with Crippen molar-refractivity contribution in [2.75, 3.05) is 18.6 Å². The van der Waals surface area contributed by atoms with Gasteiger partial charge in [0, 0.05) is 12.7 Å². The van der Waals surface area contributed by atoms with Crippen molar-refractivity contribution >= 4 is 21.7 Å². The SMILES string of the molecule is CS(=O)(=O)CCC(=O)NC[C@H](O)C(=O)O. The second-order valence-electron chi connectivity index (χ2n) is 3.04. The van der Waals surface area contributed by atoms with Crippen LogP contribution in [-0.4, -0.2) is 55.2 Å². The zero-order valence-electron chi connectivity index (χ0n) is 8.13. The Labute approximate surface area is 87.0 Å². The van der Waals surface area contributed by atoms with E-state index in [2.05, 4.69) is 5.32 Å². The fraction of sp³-hybridized carbons (Fsp3) is 0.714. The maximum Gasteiger partial charge on any atom is 0.334 e. The van der Waals surface area contributed by atoms with Crippen LogP contribution in [0.1, 0.15) is 6.42 Å². The van der Waals surface area contributed by atoms with E-state index >= 15 is 0 Å². The first-order chi connectivity index (χ1) is 6.72. The van der Waals surface area contributed by atoms with E-state index in [0.717, 1.165) is 6.26 Å². The highest BCUT2D eigenvalue weighted by Crippen LogP contribution is 1.89. The minimum atomic E-state index is -3.21. The molecule has 3 N–H and O–H groups in total. The average molecular weight is 239 g/mol. The number of sulfone groups is 1. The minimum absolute atomic E-state index is 0.245. The van der Waals surface area contributed by atoms with Crippen molar-refractivity contribution < 1.29 is 28.2 Å². The zero-order valence-corrected chi connectivity index (χ0v) is 8.95. The lowest BCUT2D eigenvalue weighted by Crippen LogP contribution is -2.37. The number of aliphatic hydroxyl groups excluding tert-OH is 1. The van der Waals surface area contributed by atoms with Gasteiger partial charge in [0.2, 0.25) is 5.91 Å². The summed E-state index contributed by atoms with van der Waals surface area (Å²) in [5, 5.41) is 19.1. The van der Waals surface area contributed by atoms with E-state index in [1.165, 1.54) is 0 Å². The van der Waals surface area contributed by atoms with Crippen LogP contribution >= 0.6 is 0 Å². The number of rotatable bonds is 6. The highest BCUT2D eigenvalue weighted by atomic mass is 32.2. The lowest BCUT2D eigenvalue weighted by molar-refractivity contribution is -0.146. The molecule has 8 heteroatoms. The maximum atomic E-state index is 10.9. The van der Waals surface area contributed by atoms with Crippen LogP contribution in [-0.2, 0) is 19.4 Å². The summed E-state index contributed by atoms with van der Waals surface area (Å²) >= 11 is 0. The predicted octanol–water partition coefficient (Wildman–Crippen LogP) is -2.02. The van der Waals surface area contributed by atoms with E-state index in [0.29, 0.717) is 0 Å². The summed E-state index contributed by atoms with van der Waals surface area (Å²) in [6, 6.07) is 0. The first-order valence-electron chi connectivity index (χ1n) is 4.07. The van der Waals surface area contributed by atoms with Crippen LogP contribution in [0.3, 0.4) is 0 Å². The van der Waals surface area contributed by atoms with Crippen LogP contribution in [0.4, 0.5) is 0 Å². The number of amides is 1. The molecule has 0 saturated carbocycles. The molecule has 0 aromatic rings. The highest BCUT2D eigenvalue weighted by Gasteiger charge is 2.14. The van der Waals surface area contributed by atoms with Crippen LogP contribution in [0.2, 0.25) is 0 Å². The third kappa shape index (κ3) is 7.89. The number of aliphatic carboxylic acids is 1. The number of carbonyl (C=O) groups excluding carboxylic acids is 1. The number of hydrogen-bond acceptors (Lipinski definition) is 5. The molecule has 0 aliphatic heterocycles. The maximum absolute atomic E-state index is 10.9. The van der Waals surface area contributed by atoms with E-state index in [1.54, 1.807) is 0 Å². The third-order valence-corrected chi connectivity index (χ3v) is 2.42. The van der Waals surface area contributed by atoms with Gasteiger partial charge in [-0.2, -0.15) is 0 Å². The molecule has 0 saturated heterocycles. The summed E-state index contributed by atoms with van der Waals surface area (Å²) < 4.78 is 21.3. The number of carboxylic acids is 1. The Morgan fingerprint density at radius 2 is 1.93 bits per heavy atom. The van der Waals surface area contributed by atoms with Crippen molar-refractivity contribution in [3.63, 3.8) is 0 Å². The number of nitrogens with one attached hydrogen (secondary N) is 1. The minimum Gasteiger partial charge on any atom is -0.479 e. The van der Waals surface area contributed by atoms with Gasteiger partial charge in [0.1, 0.15) is 9.84 Å². The van der Waals surface area contributed by atoms with Gasteiger partial charge in [-0.3, -0.25) is 4.79 Å². The molecule has 0 bridgehead atoms. The summed E-state index contributed by atoms with van der Waals surface area (Å²) in [4.78, 5) is 21.1. The van der Waals surface area contributed by atoms with Crippen molar-refractivity contribution in [1.29, 1.82) is 0 Å². The smallest absolute Gasteiger partial charge is 0.334 e. The van der Waals surface area contributed by atoms with E-state index in [4.69, 9.17) is 10.2 Å². The number of hydrogen-bond donors (Lipinski definition) is 3. The van der Waals surface area contributed by atoms with Crippen molar-refractivity contribution in [2.24, 2.45) is 0 Å². The van der Waals surface area contributed by atoms with Gasteiger partial charge in [-0.15, -0.1) is 0 Å². The van der Waals surface area contributed by atoms with Gasteiger partial charge in [0.05, 0.1) is 12.3 Å². The molecule has 0 aliphatic rings. The van der Waals surface area contributed by atoms with Crippen LogP contribution in [0, 0.1) is 0 Å². The molecule has 0 rings (SSSR count). The molecule has 0 aliphatic carbocycles. The third-order valence-electron chi connectivity index (χ3n) is 1.48. The van der Waals surface area contributed by atoms with E-state index in [-0.39, 0.29) is 12.2 Å². The molecular weight excluding hydrogens is 226 g/mol. The van der Waals surface area contributed by atoms with Gasteiger partial charge in [-0.1, -0.05) is 0 Å². The standard InChI is InChI=1S/C7H13NO6S/c1-15(13,14)3-2-6(10)8-4-5(9)7(11)12/h5,9H,2-4H2,1H3,(H,8,10)(H,11,12)/t5-/m0/s1. The Morgan fingerprint density at radius 1 is 1.40 bits per heavy atom. The molecule has 0 aromatic carbocycles. The van der Waals surface area contributed by atoms with Crippen LogP contribution < -0.4 is 5.32 Å². The number of carboxylic acid groups (broad SMARTS) is 1. The van der Waals surface area contributed by atoms with Gasteiger partial charge in [0.15, 0.2) is 6.10 Å². The molecule has 0 radical (unpaired) electrons. The van der Waals surface area contributed by atoms with Gasteiger partial charge >= 0.3 is 5.97 Å². The van der Waals surface area contributed by atoms with Crippen molar-refractivity contribution in [3.05, 3.63) is 0 Å². The molecule has 0 unspecified atom stereocenters. The summed E-state index contributed by atoms with van der Waals surface area (Å²) in [6.07, 6.45) is -0.926. The normalized spacial score (nSPS) is 13.2. The molecular formula is C7H13NO6S. The molecule has 0 spiro atoms. The molecule has 0 aromatic heterocycles. The largest absolute Gasteiger partial charge is 0.479 e. The van der Waals surface area contributed by atoms with Gasteiger partial charge in [-0.25, -0.2) is 13.2 Å². The first kappa shape index (κ1) is 13.8. The second-order valence-corrected chi connectivity index (χ2v) is 5.30. The lowest BCUT2D eigenvalue weighted by atomic mass is 10.3. The number of aliphatic hydroxyl groups is 1. The van der Waals surface area contributed by atoms with E-state index in [1.807, 2.05) is 0 Å². The second kappa shape index (κ2) is 5.66. The summed E-state index contributed by atoms with van der Waals surface area (Å²) in [5.41, 5.74) is 0. The lowest BCUT2D eigenvalue weighted by Gasteiger charge is -2.06. The molecule has 7 nitrogen and oxygen atoms in total. The monoisotopic (exact) mass is 239 g/mol. The Kier molecular flexibility index (Phi) is 5.23. The Hall–Kier alpha value is -1.15. The zero-order chi connectivity index (χ0) is 12.1. The Morgan fingerprint density at radius 3 is 2.33 bits per heavy atom. The molecule has 0 heterocycles. The molecule has 0 fully saturated rings. The van der Waals surface area contributed by atoms with Crippen LogP contribution in [0.5, 0.6) is 0 Å². The predicted molar refractivity (Wildman–Crippen MR) is 51.0 cm³/mol. The summed E-state index contributed by atoms with van der Waals surface area (Å²) in [7, 11) is -3.21. The topological polar surface area (TPSA) is 121 Å². The summed E-state index contributed by atoms with van der Waals surface area (Å²) in [5.74, 6) is -2.36. The molecule has 1 atom stereocenters. The highest BCUT2D eigenvalue weighted by molar-refractivity contribution is 7.90. The fourth-order valence-corrected chi connectivity index (χ4v) is 1.22. The van der Waals surface area contributed by atoms with Gasteiger partial charge in [0.25, 0.3) is 0 Å². The van der Waals surface area contributed by atoms with Crippen LogP contribution in [0.15, 0.2) is 0 Å². The first-order valence-corrected chi connectivity index (χ1v) is 6.13. The van der Waals surface area contributed by atoms with Gasteiger partial charge < -0.3 is 15.5 Å². The quantitative estimate of drug-likeness (QED) is 0.492. The molecule has 15 heavy (non-hydrogen) atoms. The summed E-state index contributed by atoms with van der Waals surface area (Å²) in [6.45, 7) is -0.433.